The first-order valence-electron chi connectivity index (χ1n) is 7.80. The Hall–Kier alpha value is -1.35. The molecule has 1 atom stereocenters. The molecule has 0 radical (unpaired) electrons. The highest BCUT2D eigenvalue weighted by Crippen LogP contribution is 2.27. The van der Waals surface area contributed by atoms with Gasteiger partial charge in [-0.1, -0.05) is 32.9 Å². The number of nitrogens with two attached hydrogens (primary N) is 1. The number of para-hydroxylation sites is 2. The molecule has 0 fully saturated rings. The van der Waals surface area contributed by atoms with Gasteiger partial charge in [0, 0.05) is 18.0 Å². The van der Waals surface area contributed by atoms with Crippen molar-refractivity contribution in [3.63, 3.8) is 0 Å². The molecule has 116 valence electrons. The molecule has 1 aromatic carbocycles. The summed E-state index contributed by atoms with van der Waals surface area (Å²) >= 11 is 0. The molecular formula is C18H29N3. The Balaban J connectivity index is 2.39. The van der Waals surface area contributed by atoms with Gasteiger partial charge in [0.05, 0.1) is 11.0 Å². The van der Waals surface area contributed by atoms with Crippen LogP contribution in [0.1, 0.15) is 53.8 Å². The second-order valence-electron chi connectivity index (χ2n) is 8.25. The summed E-state index contributed by atoms with van der Waals surface area (Å²) in [5, 5.41) is 0. The quantitative estimate of drug-likeness (QED) is 0.923. The molecule has 2 N–H and O–H groups in total. The average Bonchev–Trinajstić information content (AvgIpc) is 2.62. The number of imidazole rings is 1. The number of nitrogens with zero attached hydrogens (tertiary/aromatic N) is 2. The molecule has 0 saturated heterocycles. The molecule has 0 bridgehead atoms. The monoisotopic (exact) mass is 287 g/mol. The molecule has 3 heteroatoms. The van der Waals surface area contributed by atoms with Gasteiger partial charge >= 0.3 is 0 Å². The van der Waals surface area contributed by atoms with Crippen LogP contribution in [0.25, 0.3) is 11.0 Å². The maximum atomic E-state index is 6.37. The SMILES string of the molecule is CC(C)(C)CC(N)Cc1nc2ccccc2n1C(C)(C)C. The zero-order valence-electron chi connectivity index (χ0n) is 14.3. The normalized spacial score (nSPS) is 14.6. The van der Waals surface area contributed by atoms with E-state index in [0.717, 1.165) is 24.2 Å². The van der Waals surface area contributed by atoms with Crippen LogP contribution in [0.2, 0.25) is 0 Å². The molecule has 2 rings (SSSR count). The van der Waals surface area contributed by atoms with Gasteiger partial charge in [0.15, 0.2) is 0 Å². The van der Waals surface area contributed by atoms with E-state index in [2.05, 4.69) is 64.3 Å². The Kier molecular flexibility index (Phi) is 4.16. The lowest BCUT2D eigenvalue weighted by atomic mass is 9.87. The fourth-order valence-electron chi connectivity index (χ4n) is 3.05. The molecule has 1 aromatic heterocycles. The summed E-state index contributed by atoms with van der Waals surface area (Å²) in [6.45, 7) is 13.4. The third-order valence-electron chi connectivity index (χ3n) is 3.62. The Morgan fingerprint density at radius 3 is 2.29 bits per heavy atom. The highest BCUT2D eigenvalue weighted by molar-refractivity contribution is 5.76. The van der Waals surface area contributed by atoms with Gasteiger partial charge in [0.25, 0.3) is 0 Å². The van der Waals surface area contributed by atoms with E-state index in [4.69, 9.17) is 10.7 Å². The van der Waals surface area contributed by atoms with Crippen molar-refractivity contribution in [1.29, 1.82) is 0 Å². The summed E-state index contributed by atoms with van der Waals surface area (Å²) in [7, 11) is 0. The summed E-state index contributed by atoms with van der Waals surface area (Å²) in [4.78, 5) is 4.83. The van der Waals surface area contributed by atoms with Gasteiger partial charge in [-0.3, -0.25) is 0 Å². The summed E-state index contributed by atoms with van der Waals surface area (Å²) in [5.41, 5.74) is 8.89. The van der Waals surface area contributed by atoms with E-state index in [1.807, 2.05) is 6.07 Å². The van der Waals surface area contributed by atoms with Gasteiger partial charge in [-0.05, 0) is 44.7 Å². The lowest BCUT2D eigenvalue weighted by Crippen LogP contribution is -2.32. The topological polar surface area (TPSA) is 43.8 Å². The van der Waals surface area contributed by atoms with E-state index in [9.17, 15) is 0 Å². The van der Waals surface area contributed by atoms with E-state index in [1.54, 1.807) is 0 Å². The number of benzene rings is 1. The number of fused-ring (bicyclic) bond motifs is 1. The average molecular weight is 287 g/mol. The number of hydrogen-bond donors (Lipinski definition) is 1. The molecule has 3 nitrogen and oxygen atoms in total. The van der Waals surface area contributed by atoms with Gasteiger partial charge < -0.3 is 10.3 Å². The first kappa shape index (κ1) is 16.0. The smallest absolute Gasteiger partial charge is 0.111 e. The maximum absolute atomic E-state index is 6.37. The summed E-state index contributed by atoms with van der Waals surface area (Å²) in [5.74, 6) is 1.10. The predicted octanol–water partition coefficient (Wildman–Crippen LogP) is 4.10. The first-order chi connectivity index (χ1) is 9.58. The molecule has 2 aromatic rings. The van der Waals surface area contributed by atoms with E-state index in [0.29, 0.717) is 0 Å². The zero-order valence-corrected chi connectivity index (χ0v) is 14.3. The van der Waals surface area contributed by atoms with Gasteiger partial charge in [0.1, 0.15) is 5.82 Å². The van der Waals surface area contributed by atoms with Crippen LogP contribution in [0, 0.1) is 5.41 Å². The molecule has 0 amide bonds. The predicted molar refractivity (Wildman–Crippen MR) is 90.5 cm³/mol. The number of hydrogen-bond acceptors (Lipinski definition) is 2. The summed E-state index contributed by atoms with van der Waals surface area (Å²) in [6.07, 6.45) is 1.82. The van der Waals surface area contributed by atoms with Gasteiger partial charge in [0.2, 0.25) is 0 Å². The highest BCUT2D eigenvalue weighted by Gasteiger charge is 2.24. The number of rotatable bonds is 3. The van der Waals surface area contributed by atoms with Gasteiger partial charge in [-0.2, -0.15) is 0 Å². The van der Waals surface area contributed by atoms with Gasteiger partial charge in [-0.15, -0.1) is 0 Å². The molecule has 1 heterocycles. The van der Waals surface area contributed by atoms with Crippen molar-refractivity contribution in [2.45, 2.75) is 66.0 Å². The molecule has 0 aliphatic heterocycles. The number of aromatic nitrogens is 2. The minimum Gasteiger partial charge on any atom is -0.327 e. The largest absolute Gasteiger partial charge is 0.327 e. The van der Waals surface area contributed by atoms with Crippen LogP contribution in [0.4, 0.5) is 0 Å². The molecule has 1 unspecified atom stereocenters. The van der Waals surface area contributed by atoms with Crippen LogP contribution >= 0.6 is 0 Å². The zero-order chi connectivity index (χ0) is 15.8. The summed E-state index contributed by atoms with van der Waals surface area (Å²) < 4.78 is 2.34. The van der Waals surface area contributed by atoms with Crippen molar-refractivity contribution in [3.05, 3.63) is 30.1 Å². The van der Waals surface area contributed by atoms with Crippen molar-refractivity contribution >= 4 is 11.0 Å². The Labute approximate surface area is 128 Å². The molecule has 0 spiro atoms. The van der Waals surface area contributed by atoms with Crippen LogP contribution in [-0.2, 0) is 12.0 Å². The second-order valence-corrected chi connectivity index (χ2v) is 8.25. The summed E-state index contributed by atoms with van der Waals surface area (Å²) in [6, 6.07) is 8.48. The molecule has 0 aliphatic rings. The van der Waals surface area contributed by atoms with Crippen molar-refractivity contribution in [2.24, 2.45) is 11.1 Å². The molecule has 0 saturated carbocycles. The Bertz CT molecular complexity index is 611. The second kappa shape index (κ2) is 5.45. The molecule has 21 heavy (non-hydrogen) atoms. The maximum Gasteiger partial charge on any atom is 0.111 e. The van der Waals surface area contributed by atoms with Crippen LogP contribution < -0.4 is 5.73 Å². The fourth-order valence-corrected chi connectivity index (χ4v) is 3.05. The molecule has 0 aliphatic carbocycles. The van der Waals surface area contributed by atoms with E-state index < -0.39 is 0 Å². The van der Waals surface area contributed by atoms with E-state index in [-0.39, 0.29) is 17.0 Å². The van der Waals surface area contributed by atoms with E-state index in [1.165, 1.54) is 5.52 Å². The van der Waals surface area contributed by atoms with Crippen molar-refractivity contribution in [3.8, 4) is 0 Å². The highest BCUT2D eigenvalue weighted by atomic mass is 15.1. The van der Waals surface area contributed by atoms with Gasteiger partial charge in [-0.25, -0.2) is 4.98 Å². The Morgan fingerprint density at radius 1 is 1.10 bits per heavy atom. The third-order valence-corrected chi connectivity index (χ3v) is 3.62. The Morgan fingerprint density at radius 2 is 1.71 bits per heavy atom. The van der Waals surface area contributed by atoms with Crippen LogP contribution in [0.3, 0.4) is 0 Å². The van der Waals surface area contributed by atoms with E-state index >= 15 is 0 Å². The lowest BCUT2D eigenvalue weighted by molar-refractivity contribution is 0.328. The van der Waals surface area contributed by atoms with Crippen molar-refractivity contribution in [1.82, 2.24) is 9.55 Å². The lowest BCUT2D eigenvalue weighted by Gasteiger charge is -2.27. The minimum absolute atomic E-state index is 0.00683. The van der Waals surface area contributed by atoms with Crippen LogP contribution in [-0.4, -0.2) is 15.6 Å². The third kappa shape index (κ3) is 3.85. The fraction of sp³-hybridized carbons (Fsp3) is 0.611. The van der Waals surface area contributed by atoms with Crippen LogP contribution in [0.5, 0.6) is 0 Å². The van der Waals surface area contributed by atoms with Crippen LogP contribution in [0.15, 0.2) is 24.3 Å². The molecular weight excluding hydrogens is 258 g/mol. The minimum atomic E-state index is 0.00683. The first-order valence-corrected chi connectivity index (χ1v) is 7.80. The van der Waals surface area contributed by atoms with Crippen molar-refractivity contribution in [2.75, 3.05) is 0 Å². The van der Waals surface area contributed by atoms with Crippen molar-refractivity contribution < 1.29 is 0 Å². The standard InChI is InChI=1S/C18H29N3/c1-17(2,3)12-13(19)11-16-20-14-9-7-8-10-15(14)21(16)18(4,5)6/h7-10,13H,11-12,19H2,1-6H3.